The van der Waals surface area contributed by atoms with Gasteiger partial charge < -0.3 is 19.2 Å². The number of hydrogen-bond donors (Lipinski definition) is 1. The Morgan fingerprint density at radius 2 is 2.30 bits per heavy atom. The summed E-state index contributed by atoms with van der Waals surface area (Å²) in [7, 11) is 0. The van der Waals surface area contributed by atoms with E-state index in [-0.39, 0.29) is 24.2 Å². The van der Waals surface area contributed by atoms with Gasteiger partial charge in [0.1, 0.15) is 5.76 Å². The van der Waals surface area contributed by atoms with Gasteiger partial charge in [-0.25, -0.2) is 4.79 Å². The number of aryl methyl sites for hydroxylation is 1. The standard InChI is InChI=1S/C16H22N4O3/c1-4-13(15-17-11(3)23-19-15)18-16(21)20(12-7-8-12)10(2)14-6-5-9-22-14/h5-6,9-10,12-13H,4,7-8H2,1-3H3,(H,18,21)/t10-,13-/m0/s1. The number of rotatable bonds is 6. The van der Waals surface area contributed by atoms with Gasteiger partial charge in [-0.3, -0.25) is 0 Å². The molecule has 2 heterocycles. The van der Waals surface area contributed by atoms with Crippen molar-refractivity contribution in [2.24, 2.45) is 0 Å². The second-order valence-electron chi connectivity index (χ2n) is 5.91. The monoisotopic (exact) mass is 318 g/mol. The zero-order chi connectivity index (χ0) is 16.4. The molecule has 0 radical (unpaired) electrons. The Morgan fingerprint density at radius 1 is 1.52 bits per heavy atom. The Kier molecular flexibility index (Phi) is 4.36. The molecule has 0 spiro atoms. The van der Waals surface area contributed by atoms with Crippen molar-refractivity contribution in [1.82, 2.24) is 20.4 Å². The molecule has 1 aliphatic rings. The van der Waals surface area contributed by atoms with Gasteiger partial charge in [-0.2, -0.15) is 4.98 Å². The van der Waals surface area contributed by atoms with Crippen LogP contribution < -0.4 is 5.32 Å². The summed E-state index contributed by atoms with van der Waals surface area (Å²) in [6.07, 6.45) is 4.37. The van der Waals surface area contributed by atoms with E-state index in [0.29, 0.717) is 18.1 Å². The van der Waals surface area contributed by atoms with Crippen molar-refractivity contribution in [1.29, 1.82) is 0 Å². The Bertz CT molecular complexity index is 648. The van der Waals surface area contributed by atoms with Crippen LogP contribution in [-0.4, -0.2) is 27.1 Å². The summed E-state index contributed by atoms with van der Waals surface area (Å²) in [5, 5.41) is 6.94. The molecule has 0 aliphatic heterocycles. The van der Waals surface area contributed by atoms with Gasteiger partial charge in [-0.15, -0.1) is 0 Å². The molecule has 7 heteroatoms. The molecular weight excluding hydrogens is 296 g/mol. The van der Waals surface area contributed by atoms with Crippen LogP contribution in [0.1, 0.15) is 62.7 Å². The SMILES string of the molecule is CC[C@H](NC(=O)N(C1CC1)[C@@H](C)c1ccco1)c1noc(C)n1. The van der Waals surface area contributed by atoms with E-state index in [0.717, 1.165) is 18.6 Å². The molecule has 1 fully saturated rings. The van der Waals surface area contributed by atoms with E-state index in [9.17, 15) is 4.79 Å². The summed E-state index contributed by atoms with van der Waals surface area (Å²) in [5.74, 6) is 1.80. The first-order chi connectivity index (χ1) is 11.1. The molecule has 1 aliphatic carbocycles. The van der Waals surface area contributed by atoms with E-state index in [1.807, 2.05) is 30.9 Å². The number of nitrogens with zero attached hydrogens (tertiary/aromatic N) is 3. The summed E-state index contributed by atoms with van der Waals surface area (Å²) < 4.78 is 10.5. The molecular formula is C16H22N4O3. The number of carbonyl (C=O) groups excluding carboxylic acids is 1. The van der Waals surface area contributed by atoms with E-state index < -0.39 is 0 Å². The first-order valence-electron chi connectivity index (χ1n) is 8.02. The fourth-order valence-electron chi connectivity index (χ4n) is 2.71. The van der Waals surface area contributed by atoms with Gasteiger partial charge >= 0.3 is 6.03 Å². The lowest BCUT2D eigenvalue weighted by atomic mass is 10.2. The Hall–Kier alpha value is -2.31. The summed E-state index contributed by atoms with van der Waals surface area (Å²) >= 11 is 0. The van der Waals surface area contributed by atoms with E-state index in [1.165, 1.54) is 0 Å². The average Bonchev–Trinajstić information content (AvgIpc) is 3.03. The molecule has 1 N–H and O–H groups in total. The van der Waals surface area contributed by atoms with Gasteiger partial charge in [-0.1, -0.05) is 12.1 Å². The molecule has 0 saturated heterocycles. The van der Waals surface area contributed by atoms with Crippen LogP contribution in [0.3, 0.4) is 0 Å². The number of furan rings is 1. The highest BCUT2D eigenvalue weighted by Crippen LogP contribution is 2.34. The molecule has 2 aromatic rings. The highest BCUT2D eigenvalue weighted by Gasteiger charge is 2.38. The predicted molar refractivity (Wildman–Crippen MR) is 82.6 cm³/mol. The normalized spacial score (nSPS) is 16.8. The minimum Gasteiger partial charge on any atom is -0.467 e. The number of carbonyl (C=O) groups is 1. The fraction of sp³-hybridized carbons (Fsp3) is 0.562. The molecule has 0 bridgehead atoms. The topological polar surface area (TPSA) is 84.4 Å². The van der Waals surface area contributed by atoms with E-state index in [1.54, 1.807) is 13.2 Å². The van der Waals surface area contributed by atoms with Crippen LogP contribution in [-0.2, 0) is 0 Å². The lowest BCUT2D eigenvalue weighted by Gasteiger charge is -2.29. The van der Waals surface area contributed by atoms with Crippen molar-refractivity contribution in [3.05, 3.63) is 35.9 Å². The molecule has 23 heavy (non-hydrogen) atoms. The number of nitrogens with one attached hydrogen (secondary N) is 1. The molecule has 2 aromatic heterocycles. The zero-order valence-corrected chi connectivity index (χ0v) is 13.7. The van der Waals surface area contributed by atoms with E-state index in [2.05, 4.69) is 15.5 Å². The van der Waals surface area contributed by atoms with Gasteiger partial charge in [0.05, 0.1) is 18.3 Å². The minimum absolute atomic E-state index is 0.109. The van der Waals surface area contributed by atoms with Crippen LogP contribution in [0.4, 0.5) is 4.79 Å². The largest absolute Gasteiger partial charge is 0.467 e. The number of hydrogen-bond acceptors (Lipinski definition) is 5. The molecule has 0 unspecified atom stereocenters. The molecule has 7 nitrogen and oxygen atoms in total. The molecule has 124 valence electrons. The number of urea groups is 1. The Morgan fingerprint density at radius 3 is 2.83 bits per heavy atom. The van der Waals surface area contributed by atoms with Crippen LogP contribution in [0.2, 0.25) is 0 Å². The third-order valence-electron chi connectivity index (χ3n) is 4.11. The first-order valence-corrected chi connectivity index (χ1v) is 8.02. The molecule has 3 rings (SSSR count). The average molecular weight is 318 g/mol. The summed E-state index contributed by atoms with van der Waals surface area (Å²) in [6.45, 7) is 5.70. The maximum absolute atomic E-state index is 12.8. The van der Waals surface area contributed by atoms with Gasteiger partial charge in [-0.05, 0) is 38.3 Å². The third-order valence-corrected chi connectivity index (χ3v) is 4.11. The summed E-state index contributed by atoms with van der Waals surface area (Å²) in [5.41, 5.74) is 0. The smallest absolute Gasteiger partial charge is 0.318 e. The van der Waals surface area contributed by atoms with E-state index in [4.69, 9.17) is 8.94 Å². The Labute approximate surface area is 135 Å². The number of aromatic nitrogens is 2. The van der Waals surface area contributed by atoms with Gasteiger partial charge in [0.2, 0.25) is 5.89 Å². The van der Waals surface area contributed by atoms with E-state index >= 15 is 0 Å². The molecule has 2 amide bonds. The van der Waals surface area contributed by atoms with Crippen molar-refractivity contribution < 1.29 is 13.7 Å². The van der Waals surface area contributed by atoms with Gasteiger partial charge in [0, 0.05) is 13.0 Å². The highest BCUT2D eigenvalue weighted by atomic mass is 16.5. The quantitative estimate of drug-likeness (QED) is 0.883. The maximum Gasteiger partial charge on any atom is 0.318 e. The zero-order valence-electron chi connectivity index (χ0n) is 13.7. The number of amides is 2. The molecule has 2 atom stereocenters. The second-order valence-corrected chi connectivity index (χ2v) is 5.91. The van der Waals surface area contributed by atoms with Crippen molar-refractivity contribution in [3.63, 3.8) is 0 Å². The van der Waals surface area contributed by atoms with Crippen molar-refractivity contribution in [2.45, 2.75) is 58.2 Å². The van der Waals surface area contributed by atoms with Crippen LogP contribution in [0.15, 0.2) is 27.3 Å². The Balaban J connectivity index is 1.73. The molecule has 0 aromatic carbocycles. The second kappa shape index (κ2) is 6.44. The van der Waals surface area contributed by atoms with Crippen molar-refractivity contribution in [2.75, 3.05) is 0 Å². The van der Waals surface area contributed by atoms with Crippen molar-refractivity contribution in [3.8, 4) is 0 Å². The third kappa shape index (κ3) is 3.38. The highest BCUT2D eigenvalue weighted by molar-refractivity contribution is 5.75. The molecule has 1 saturated carbocycles. The summed E-state index contributed by atoms with van der Waals surface area (Å²) in [4.78, 5) is 18.9. The lowest BCUT2D eigenvalue weighted by molar-refractivity contribution is 0.161. The summed E-state index contributed by atoms with van der Waals surface area (Å²) in [6, 6.07) is 3.51. The van der Waals surface area contributed by atoms with Crippen LogP contribution in [0.5, 0.6) is 0 Å². The van der Waals surface area contributed by atoms with Crippen molar-refractivity contribution >= 4 is 6.03 Å². The lowest BCUT2D eigenvalue weighted by Crippen LogP contribution is -2.44. The van der Waals surface area contributed by atoms with Crippen LogP contribution in [0, 0.1) is 6.92 Å². The van der Waals surface area contributed by atoms with Gasteiger partial charge in [0.15, 0.2) is 5.82 Å². The first kappa shape index (κ1) is 15.6. The minimum atomic E-state index is -0.259. The maximum atomic E-state index is 12.8. The predicted octanol–water partition coefficient (Wildman–Crippen LogP) is 3.36. The van der Waals surface area contributed by atoms with Crippen LogP contribution >= 0.6 is 0 Å². The van der Waals surface area contributed by atoms with Gasteiger partial charge in [0.25, 0.3) is 0 Å². The fourth-order valence-corrected chi connectivity index (χ4v) is 2.71. The van der Waals surface area contributed by atoms with Crippen LogP contribution in [0.25, 0.3) is 0 Å².